The summed E-state index contributed by atoms with van der Waals surface area (Å²) in [6, 6.07) is 11.9. The quantitative estimate of drug-likeness (QED) is 0.339. The van der Waals surface area contributed by atoms with Gasteiger partial charge in [-0.3, -0.25) is 0 Å². The summed E-state index contributed by atoms with van der Waals surface area (Å²) in [4.78, 5) is 14.8. The number of carbonyl (C=O) groups is 1. The molecule has 0 aromatic heterocycles. The Morgan fingerprint density at radius 2 is 2.16 bits per heavy atom. The standard InChI is InChI=1S/C31H38ClNO4/c1-3-4-5-8-28(34)25-12-9-23(25)18-33-19-31(15-6-7-21-16-24(32)11-13-26(21)31)20-37-29-14-10-22(17-27(29)33)30(35)36-2/h5,8,10-11,13-14,16-17,23,25,28,34H,3-4,6-7,9,12,15,18-20H2,1-2H3/b8-5+/t23-,25+,28?,31-/m0/s1. The minimum absolute atomic E-state index is 0.165. The van der Waals surface area contributed by atoms with Gasteiger partial charge in [0.15, 0.2) is 0 Å². The number of hydrogen-bond acceptors (Lipinski definition) is 5. The van der Waals surface area contributed by atoms with Crippen LogP contribution in [0.3, 0.4) is 0 Å². The Kier molecular flexibility index (Phi) is 7.83. The Morgan fingerprint density at radius 1 is 1.30 bits per heavy atom. The Morgan fingerprint density at radius 3 is 2.92 bits per heavy atom. The number of nitrogens with zero attached hydrogens (tertiary/aromatic N) is 1. The van der Waals surface area contributed by atoms with E-state index in [1.54, 1.807) is 6.07 Å². The number of ether oxygens (including phenoxy) is 2. The molecule has 2 aliphatic carbocycles. The molecule has 1 heterocycles. The lowest BCUT2D eigenvalue weighted by atomic mass is 9.68. The molecule has 1 aliphatic heterocycles. The van der Waals surface area contributed by atoms with E-state index in [2.05, 4.69) is 30.0 Å². The third kappa shape index (κ3) is 5.26. The minimum atomic E-state index is -0.416. The van der Waals surface area contributed by atoms with Crippen molar-refractivity contribution in [2.75, 3.05) is 31.7 Å². The highest BCUT2D eigenvalue weighted by molar-refractivity contribution is 6.30. The normalized spacial score (nSPS) is 25.6. The molecule has 198 valence electrons. The smallest absolute Gasteiger partial charge is 0.337 e. The van der Waals surface area contributed by atoms with Crippen molar-refractivity contribution in [1.82, 2.24) is 0 Å². The third-order valence-corrected chi connectivity index (χ3v) is 8.85. The number of unbranched alkanes of at least 4 members (excludes halogenated alkanes) is 1. The average molecular weight is 524 g/mol. The summed E-state index contributed by atoms with van der Waals surface area (Å²) in [7, 11) is 1.41. The molecule has 0 radical (unpaired) electrons. The van der Waals surface area contributed by atoms with Crippen molar-refractivity contribution < 1.29 is 19.4 Å². The predicted molar refractivity (Wildman–Crippen MR) is 148 cm³/mol. The summed E-state index contributed by atoms with van der Waals surface area (Å²) in [6.45, 7) is 4.34. The van der Waals surface area contributed by atoms with Gasteiger partial charge >= 0.3 is 5.97 Å². The fraction of sp³-hybridized carbons (Fsp3) is 0.516. The van der Waals surface area contributed by atoms with Crippen LogP contribution < -0.4 is 9.64 Å². The number of aliphatic hydroxyl groups is 1. The lowest BCUT2D eigenvalue weighted by Crippen LogP contribution is -2.49. The van der Waals surface area contributed by atoms with E-state index >= 15 is 0 Å². The van der Waals surface area contributed by atoms with Crippen LogP contribution in [0.5, 0.6) is 5.75 Å². The zero-order chi connectivity index (χ0) is 26.0. The van der Waals surface area contributed by atoms with Gasteiger partial charge in [-0.1, -0.05) is 43.2 Å². The molecule has 0 saturated heterocycles. The molecule has 1 N–H and O–H groups in total. The Balaban J connectivity index is 1.49. The summed E-state index contributed by atoms with van der Waals surface area (Å²) in [5, 5.41) is 11.7. The van der Waals surface area contributed by atoms with Gasteiger partial charge < -0.3 is 19.5 Å². The molecule has 6 heteroatoms. The summed E-state index contributed by atoms with van der Waals surface area (Å²) < 4.78 is 11.5. The Bertz CT molecular complexity index is 1160. The first-order valence-corrected chi connectivity index (χ1v) is 14.1. The fourth-order valence-electron chi connectivity index (χ4n) is 6.46. The average Bonchev–Trinajstić information content (AvgIpc) is 3.03. The summed E-state index contributed by atoms with van der Waals surface area (Å²) in [5.74, 6) is 1.07. The van der Waals surface area contributed by atoms with Gasteiger partial charge in [0.05, 0.1) is 31.1 Å². The highest BCUT2D eigenvalue weighted by atomic mass is 35.5. The van der Waals surface area contributed by atoms with Crippen molar-refractivity contribution in [3.05, 3.63) is 70.3 Å². The summed E-state index contributed by atoms with van der Waals surface area (Å²) >= 11 is 6.37. The third-order valence-electron chi connectivity index (χ3n) is 8.62. The van der Waals surface area contributed by atoms with Crippen molar-refractivity contribution in [2.24, 2.45) is 11.8 Å². The number of benzene rings is 2. The van der Waals surface area contributed by atoms with Crippen LogP contribution in [0.1, 0.15) is 66.9 Å². The van der Waals surface area contributed by atoms with E-state index in [0.29, 0.717) is 18.1 Å². The van der Waals surface area contributed by atoms with Gasteiger partial charge in [-0.05, 0) is 91.8 Å². The number of aliphatic hydroxyl groups excluding tert-OH is 1. The van der Waals surface area contributed by atoms with Gasteiger partial charge in [0.1, 0.15) is 5.75 Å². The molecular weight excluding hydrogens is 486 g/mol. The summed E-state index contributed by atoms with van der Waals surface area (Å²) in [5.41, 5.74) is 3.92. The zero-order valence-electron chi connectivity index (χ0n) is 21.9. The molecule has 3 aliphatic rings. The van der Waals surface area contributed by atoms with Crippen LogP contribution in [0, 0.1) is 11.8 Å². The van der Waals surface area contributed by atoms with Crippen LogP contribution in [-0.4, -0.2) is 44.0 Å². The second kappa shape index (κ2) is 11.1. The molecule has 2 aromatic carbocycles. The van der Waals surface area contributed by atoms with E-state index in [4.69, 9.17) is 21.1 Å². The van der Waals surface area contributed by atoms with Crippen LogP contribution in [0.25, 0.3) is 0 Å². The molecule has 0 amide bonds. The van der Waals surface area contributed by atoms with Crippen molar-refractivity contribution in [1.29, 1.82) is 0 Å². The van der Waals surface area contributed by atoms with Gasteiger partial charge in [0.25, 0.3) is 0 Å². The maximum Gasteiger partial charge on any atom is 0.337 e. The Hall–Kier alpha value is -2.50. The second-order valence-corrected chi connectivity index (χ2v) is 11.4. The fourth-order valence-corrected chi connectivity index (χ4v) is 6.65. The predicted octanol–water partition coefficient (Wildman–Crippen LogP) is 6.34. The van der Waals surface area contributed by atoms with Gasteiger partial charge in [-0.25, -0.2) is 4.79 Å². The topological polar surface area (TPSA) is 59.0 Å². The second-order valence-electron chi connectivity index (χ2n) is 11.0. The number of esters is 1. The number of halogens is 1. The van der Waals surface area contributed by atoms with Gasteiger partial charge in [-0.2, -0.15) is 0 Å². The molecular formula is C31H38ClNO4. The molecule has 1 saturated carbocycles. The highest BCUT2D eigenvalue weighted by Crippen LogP contribution is 2.46. The van der Waals surface area contributed by atoms with Crippen LogP contribution >= 0.6 is 11.6 Å². The maximum absolute atomic E-state index is 12.4. The van der Waals surface area contributed by atoms with E-state index in [1.807, 2.05) is 24.3 Å². The van der Waals surface area contributed by atoms with Crippen LogP contribution in [0.4, 0.5) is 5.69 Å². The monoisotopic (exact) mass is 523 g/mol. The molecule has 5 nitrogen and oxygen atoms in total. The summed E-state index contributed by atoms with van der Waals surface area (Å²) in [6.07, 6.45) is 11.0. The molecule has 5 rings (SSSR count). The first-order valence-electron chi connectivity index (χ1n) is 13.7. The number of aryl methyl sites for hydroxylation is 1. The molecule has 1 spiro atoms. The van der Waals surface area contributed by atoms with Gasteiger partial charge in [0.2, 0.25) is 0 Å². The number of rotatable bonds is 7. The molecule has 1 unspecified atom stereocenters. The number of anilines is 1. The number of allylic oxidation sites excluding steroid dienone is 1. The first kappa shape index (κ1) is 26.1. The van der Waals surface area contributed by atoms with Gasteiger partial charge in [0, 0.05) is 23.5 Å². The van der Waals surface area contributed by atoms with Crippen LogP contribution in [-0.2, 0) is 16.6 Å². The molecule has 0 bridgehead atoms. The Labute approximate surface area is 225 Å². The van der Waals surface area contributed by atoms with E-state index in [-0.39, 0.29) is 17.3 Å². The van der Waals surface area contributed by atoms with E-state index in [1.165, 1.54) is 18.2 Å². The number of fused-ring (bicyclic) bond motifs is 3. The zero-order valence-corrected chi connectivity index (χ0v) is 22.7. The first-order chi connectivity index (χ1) is 17.9. The molecule has 4 atom stereocenters. The van der Waals surface area contributed by atoms with Gasteiger partial charge in [-0.15, -0.1) is 0 Å². The largest absolute Gasteiger partial charge is 0.490 e. The minimum Gasteiger partial charge on any atom is -0.490 e. The SMILES string of the molecule is CCC/C=C/C(O)[C@@H]1CC[C@H]1CN1C[C@@]2(CCCc3cc(Cl)ccc32)COc2ccc(C(=O)OC)cc21. The lowest BCUT2D eigenvalue weighted by Gasteiger charge is -2.45. The van der Waals surface area contributed by atoms with Crippen LogP contribution in [0.2, 0.25) is 5.02 Å². The lowest BCUT2D eigenvalue weighted by molar-refractivity contribution is 0.0456. The van der Waals surface area contributed by atoms with E-state index in [9.17, 15) is 9.90 Å². The molecule has 37 heavy (non-hydrogen) atoms. The molecule has 1 fully saturated rings. The number of methoxy groups -OCH3 is 1. The van der Waals surface area contributed by atoms with E-state index in [0.717, 1.165) is 74.5 Å². The number of hydrogen-bond donors (Lipinski definition) is 1. The van der Waals surface area contributed by atoms with Crippen molar-refractivity contribution in [3.63, 3.8) is 0 Å². The van der Waals surface area contributed by atoms with Crippen molar-refractivity contribution in [2.45, 2.75) is 63.4 Å². The highest BCUT2D eigenvalue weighted by Gasteiger charge is 2.44. The van der Waals surface area contributed by atoms with E-state index < -0.39 is 6.10 Å². The maximum atomic E-state index is 12.4. The van der Waals surface area contributed by atoms with Crippen molar-refractivity contribution >= 4 is 23.3 Å². The van der Waals surface area contributed by atoms with Crippen LogP contribution in [0.15, 0.2) is 48.6 Å². The molecule has 2 aromatic rings. The van der Waals surface area contributed by atoms with Crippen molar-refractivity contribution in [3.8, 4) is 5.75 Å². The number of carbonyl (C=O) groups excluding carboxylic acids is 1.